The fourth-order valence-electron chi connectivity index (χ4n) is 4.86. The van der Waals surface area contributed by atoms with E-state index >= 15 is 0 Å². The molecule has 0 radical (unpaired) electrons. The van der Waals surface area contributed by atoms with Crippen molar-refractivity contribution in [2.24, 2.45) is 5.92 Å². The second-order valence-electron chi connectivity index (χ2n) is 9.03. The van der Waals surface area contributed by atoms with Gasteiger partial charge in [-0.05, 0) is 43.4 Å². The van der Waals surface area contributed by atoms with E-state index in [1.54, 1.807) is 15.6 Å². The summed E-state index contributed by atoms with van der Waals surface area (Å²) >= 11 is 0. The average Bonchev–Trinajstić information content (AvgIpc) is 3.10. The number of hydrogen-bond donors (Lipinski definition) is 1. The van der Waals surface area contributed by atoms with Crippen molar-refractivity contribution in [3.63, 3.8) is 0 Å². The molecule has 0 unspecified atom stereocenters. The van der Waals surface area contributed by atoms with E-state index in [0.29, 0.717) is 19.0 Å². The smallest absolute Gasteiger partial charge is 0.300 e. The second kappa shape index (κ2) is 8.00. The van der Waals surface area contributed by atoms with Gasteiger partial charge in [0.1, 0.15) is 0 Å². The lowest BCUT2D eigenvalue weighted by Gasteiger charge is -2.42. The summed E-state index contributed by atoms with van der Waals surface area (Å²) in [5, 5.41) is 6.78. The average molecular weight is 411 g/mol. The van der Waals surface area contributed by atoms with Crippen molar-refractivity contribution in [3.8, 4) is 0 Å². The number of anilines is 1. The highest BCUT2D eigenvalue weighted by Crippen LogP contribution is 2.28. The molecular formula is C22H30N6O2. The number of rotatable bonds is 5. The third-order valence-electron chi connectivity index (χ3n) is 6.89. The number of hydrogen-bond acceptors (Lipinski definition) is 5. The van der Waals surface area contributed by atoms with Crippen LogP contribution in [0, 0.1) is 5.92 Å². The van der Waals surface area contributed by atoms with Crippen LogP contribution < -0.4 is 10.2 Å². The molecule has 8 heteroatoms. The Hall–Kier alpha value is -2.45. The largest absolute Gasteiger partial charge is 0.328 e. The van der Waals surface area contributed by atoms with Gasteiger partial charge in [0, 0.05) is 57.9 Å². The predicted molar refractivity (Wildman–Crippen MR) is 114 cm³/mol. The van der Waals surface area contributed by atoms with Gasteiger partial charge < -0.3 is 4.90 Å². The van der Waals surface area contributed by atoms with Gasteiger partial charge in [-0.25, -0.2) is 9.31 Å². The molecule has 30 heavy (non-hydrogen) atoms. The Labute approximate surface area is 176 Å². The minimum absolute atomic E-state index is 0.223. The number of nitrogens with zero attached hydrogens (tertiary/aromatic N) is 5. The van der Waals surface area contributed by atoms with Crippen LogP contribution in [0.25, 0.3) is 5.52 Å². The molecule has 1 saturated carbocycles. The molecule has 0 bridgehead atoms. The quantitative estimate of drug-likeness (QED) is 0.817. The maximum atomic E-state index is 12.3. The molecule has 5 rings (SSSR count). The fraction of sp³-hybridized carbons (Fsp3) is 0.591. The van der Waals surface area contributed by atoms with Crippen molar-refractivity contribution in [2.75, 3.05) is 37.6 Å². The van der Waals surface area contributed by atoms with Gasteiger partial charge in [-0.1, -0.05) is 6.42 Å². The first-order valence-corrected chi connectivity index (χ1v) is 11.1. The number of piperazine rings is 1. The molecule has 4 heterocycles. The number of pyridine rings is 1. The number of carbonyl (C=O) groups excluding carboxylic acids is 2. The van der Waals surface area contributed by atoms with E-state index in [2.05, 4.69) is 39.3 Å². The first-order valence-electron chi connectivity index (χ1n) is 11.1. The second-order valence-corrected chi connectivity index (χ2v) is 9.03. The van der Waals surface area contributed by atoms with Crippen LogP contribution in [0.1, 0.15) is 38.2 Å². The predicted octanol–water partition coefficient (Wildman–Crippen LogP) is 2.09. The van der Waals surface area contributed by atoms with E-state index in [1.165, 1.54) is 31.4 Å². The third-order valence-corrected chi connectivity index (χ3v) is 6.89. The zero-order valence-corrected chi connectivity index (χ0v) is 17.6. The van der Waals surface area contributed by atoms with Crippen molar-refractivity contribution in [2.45, 2.75) is 45.2 Å². The lowest BCUT2D eigenvalue weighted by molar-refractivity contribution is -0.120. The molecule has 1 aliphatic carbocycles. The highest BCUT2D eigenvalue weighted by Gasteiger charge is 2.28. The Morgan fingerprint density at radius 1 is 1.20 bits per heavy atom. The van der Waals surface area contributed by atoms with Gasteiger partial charge in [0.25, 0.3) is 0 Å². The zero-order valence-electron chi connectivity index (χ0n) is 17.6. The minimum atomic E-state index is -0.372. The Morgan fingerprint density at radius 3 is 2.80 bits per heavy atom. The van der Waals surface area contributed by atoms with Crippen LogP contribution in [0.3, 0.4) is 0 Å². The van der Waals surface area contributed by atoms with Crippen LogP contribution in [0.5, 0.6) is 0 Å². The molecular weight excluding hydrogens is 380 g/mol. The maximum absolute atomic E-state index is 12.3. The summed E-state index contributed by atoms with van der Waals surface area (Å²) in [6.45, 7) is 8.23. The van der Waals surface area contributed by atoms with E-state index in [-0.39, 0.29) is 11.9 Å². The number of aromatic nitrogens is 2. The Bertz CT molecular complexity index is 952. The Balaban J connectivity index is 1.28. The molecule has 3 fully saturated rings. The van der Waals surface area contributed by atoms with Crippen LogP contribution in [-0.4, -0.2) is 70.1 Å². The van der Waals surface area contributed by atoms with Crippen LogP contribution in [0.2, 0.25) is 0 Å². The number of nitrogens with one attached hydrogen (secondary N) is 1. The summed E-state index contributed by atoms with van der Waals surface area (Å²) < 4.78 is 1.79. The Kier molecular flexibility index (Phi) is 5.20. The first-order chi connectivity index (χ1) is 14.6. The normalized spacial score (nSPS) is 24.3. The van der Waals surface area contributed by atoms with Crippen molar-refractivity contribution in [1.29, 1.82) is 0 Å². The van der Waals surface area contributed by atoms with Crippen LogP contribution in [0.4, 0.5) is 10.5 Å². The topological polar surface area (TPSA) is 73.2 Å². The SMILES string of the molecule is C[C@H]1CN(CC2CCC2)CCN1Cc1ccn2ncc(N3CCC(=O)NC3=O)c2c1. The summed E-state index contributed by atoms with van der Waals surface area (Å²) in [5.74, 6) is 0.701. The standard InChI is InChI=1S/C22H30N6O2/c1-16-13-25(14-17-3-2-4-17)9-10-26(16)15-18-5-8-28-19(11-18)20(12-23-28)27-7-6-21(29)24-22(27)30/h5,8,11-12,16-17H,2-4,6-7,9-10,13-15H2,1H3,(H,24,29,30)/t16-/m0/s1. The monoisotopic (exact) mass is 410 g/mol. The fourth-order valence-corrected chi connectivity index (χ4v) is 4.86. The van der Waals surface area contributed by atoms with E-state index in [9.17, 15) is 9.59 Å². The van der Waals surface area contributed by atoms with Gasteiger partial charge in [-0.2, -0.15) is 5.10 Å². The highest BCUT2D eigenvalue weighted by molar-refractivity contribution is 6.07. The molecule has 1 N–H and O–H groups in total. The van der Waals surface area contributed by atoms with E-state index in [0.717, 1.165) is 43.3 Å². The summed E-state index contributed by atoms with van der Waals surface area (Å²) in [5.41, 5.74) is 2.87. The third kappa shape index (κ3) is 3.81. The van der Waals surface area contributed by atoms with Crippen LogP contribution in [0.15, 0.2) is 24.5 Å². The summed E-state index contributed by atoms with van der Waals surface area (Å²) in [7, 11) is 0. The molecule has 3 aliphatic rings. The number of amides is 3. The molecule has 160 valence electrons. The lowest BCUT2D eigenvalue weighted by atomic mass is 9.85. The molecule has 0 aromatic carbocycles. The van der Waals surface area contributed by atoms with Crippen molar-refractivity contribution < 1.29 is 9.59 Å². The van der Waals surface area contributed by atoms with Gasteiger partial charge >= 0.3 is 6.03 Å². The van der Waals surface area contributed by atoms with Crippen LogP contribution in [-0.2, 0) is 11.3 Å². The highest BCUT2D eigenvalue weighted by atomic mass is 16.2. The van der Waals surface area contributed by atoms with Gasteiger partial charge in [0.05, 0.1) is 17.4 Å². The molecule has 1 atom stereocenters. The molecule has 2 aromatic rings. The van der Waals surface area contributed by atoms with E-state index < -0.39 is 0 Å². The van der Waals surface area contributed by atoms with Gasteiger partial charge in [-0.3, -0.25) is 19.9 Å². The van der Waals surface area contributed by atoms with Gasteiger partial charge in [0.2, 0.25) is 5.91 Å². The zero-order chi connectivity index (χ0) is 20.7. The molecule has 2 saturated heterocycles. The van der Waals surface area contributed by atoms with E-state index in [4.69, 9.17) is 0 Å². The van der Waals surface area contributed by atoms with Crippen molar-refractivity contribution in [3.05, 3.63) is 30.1 Å². The molecule has 2 aromatic heterocycles. The summed E-state index contributed by atoms with van der Waals surface area (Å²) in [6, 6.07) is 4.39. The molecule has 0 spiro atoms. The lowest BCUT2D eigenvalue weighted by Crippen LogP contribution is -2.52. The summed E-state index contributed by atoms with van der Waals surface area (Å²) in [4.78, 5) is 30.5. The minimum Gasteiger partial charge on any atom is -0.300 e. The summed E-state index contributed by atoms with van der Waals surface area (Å²) in [6.07, 6.45) is 8.20. The van der Waals surface area contributed by atoms with E-state index in [1.807, 2.05) is 6.20 Å². The van der Waals surface area contributed by atoms with Gasteiger partial charge in [0.15, 0.2) is 0 Å². The molecule has 3 amide bonds. The van der Waals surface area contributed by atoms with Crippen molar-refractivity contribution >= 4 is 23.1 Å². The van der Waals surface area contributed by atoms with Crippen molar-refractivity contribution in [1.82, 2.24) is 24.7 Å². The molecule has 2 aliphatic heterocycles. The van der Waals surface area contributed by atoms with Crippen LogP contribution >= 0.6 is 0 Å². The maximum Gasteiger partial charge on any atom is 0.328 e. The molecule has 8 nitrogen and oxygen atoms in total. The number of imide groups is 1. The first kappa shape index (κ1) is 19.5. The number of carbonyl (C=O) groups is 2. The van der Waals surface area contributed by atoms with Gasteiger partial charge in [-0.15, -0.1) is 0 Å². The number of fused-ring (bicyclic) bond motifs is 1. The Morgan fingerprint density at radius 2 is 2.07 bits per heavy atom. The number of urea groups is 1.